The third kappa shape index (κ3) is 3.97. The minimum Gasteiger partial charge on any atom is -0.497 e. The average molecular weight is 392 g/mol. The number of hydrogen-bond acceptors (Lipinski definition) is 4. The number of aromatic nitrogens is 1. The lowest BCUT2D eigenvalue weighted by atomic mass is 9.95. The monoisotopic (exact) mass is 392 g/mol. The smallest absolute Gasteiger partial charge is 0.338 e. The normalized spacial score (nSPS) is 14.1. The molecule has 29 heavy (non-hydrogen) atoms. The first-order valence-corrected chi connectivity index (χ1v) is 9.84. The van der Waals surface area contributed by atoms with Crippen molar-refractivity contribution in [3.8, 4) is 5.75 Å². The van der Waals surface area contributed by atoms with Crippen LogP contribution >= 0.6 is 0 Å². The summed E-state index contributed by atoms with van der Waals surface area (Å²) in [5, 5.41) is 3.81. The van der Waals surface area contributed by atoms with Gasteiger partial charge < -0.3 is 19.8 Å². The Balaban J connectivity index is 1.46. The summed E-state index contributed by atoms with van der Waals surface area (Å²) in [6.45, 7) is 1.56. The lowest BCUT2D eigenvalue weighted by Gasteiger charge is -2.14. The van der Waals surface area contributed by atoms with Crippen molar-refractivity contribution in [3.05, 3.63) is 59.3 Å². The number of aryl methyl sites for hydroxylation is 2. The molecule has 1 aliphatic rings. The SMILES string of the molecule is COc1cccc(NC(=O)C(C)OC(=O)c2ccc3[nH]c4c(c3c2)CCCC4)c1. The van der Waals surface area contributed by atoms with Gasteiger partial charge in [0.15, 0.2) is 6.10 Å². The van der Waals surface area contributed by atoms with Crippen molar-refractivity contribution in [2.45, 2.75) is 38.7 Å². The molecule has 1 aromatic heterocycles. The van der Waals surface area contributed by atoms with Gasteiger partial charge in [-0.15, -0.1) is 0 Å². The Morgan fingerprint density at radius 2 is 1.93 bits per heavy atom. The quantitative estimate of drug-likeness (QED) is 0.637. The van der Waals surface area contributed by atoms with E-state index < -0.39 is 18.0 Å². The minimum absolute atomic E-state index is 0.397. The summed E-state index contributed by atoms with van der Waals surface area (Å²) in [6, 6.07) is 12.5. The largest absolute Gasteiger partial charge is 0.497 e. The molecule has 0 bridgehead atoms. The molecule has 1 heterocycles. The molecule has 0 spiro atoms. The Hall–Kier alpha value is -3.28. The molecular weight excluding hydrogens is 368 g/mol. The molecule has 150 valence electrons. The highest BCUT2D eigenvalue weighted by molar-refractivity contribution is 5.99. The van der Waals surface area contributed by atoms with E-state index in [1.165, 1.54) is 17.7 Å². The maximum atomic E-state index is 12.6. The number of esters is 1. The Labute approximate surface area is 169 Å². The van der Waals surface area contributed by atoms with E-state index in [0.717, 1.165) is 30.2 Å². The van der Waals surface area contributed by atoms with Gasteiger partial charge in [0, 0.05) is 28.4 Å². The predicted molar refractivity (Wildman–Crippen MR) is 111 cm³/mol. The van der Waals surface area contributed by atoms with E-state index in [0.29, 0.717) is 17.0 Å². The highest BCUT2D eigenvalue weighted by Crippen LogP contribution is 2.30. The Kier molecular flexibility index (Phi) is 5.25. The molecule has 1 unspecified atom stereocenters. The van der Waals surface area contributed by atoms with Crippen molar-refractivity contribution in [1.29, 1.82) is 0 Å². The fraction of sp³-hybridized carbons (Fsp3) is 0.304. The number of carbonyl (C=O) groups excluding carboxylic acids is 2. The summed E-state index contributed by atoms with van der Waals surface area (Å²) < 4.78 is 10.6. The van der Waals surface area contributed by atoms with E-state index in [1.54, 1.807) is 44.4 Å². The minimum atomic E-state index is -0.926. The molecule has 0 fully saturated rings. The zero-order chi connectivity index (χ0) is 20.4. The van der Waals surface area contributed by atoms with Crippen LogP contribution in [-0.4, -0.2) is 30.1 Å². The van der Waals surface area contributed by atoms with Crippen molar-refractivity contribution in [3.63, 3.8) is 0 Å². The summed E-state index contributed by atoms with van der Waals surface area (Å²) in [5.74, 6) is -0.270. The van der Waals surface area contributed by atoms with Crippen LogP contribution in [0.1, 0.15) is 41.4 Å². The molecule has 6 heteroatoms. The maximum absolute atomic E-state index is 12.6. The summed E-state index contributed by atoms with van der Waals surface area (Å²) in [7, 11) is 1.56. The Morgan fingerprint density at radius 1 is 1.10 bits per heavy atom. The number of hydrogen-bond donors (Lipinski definition) is 2. The van der Waals surface area contributed by atoms with Crippen LogP contribution < -0.4 is 10.1 Å². The van der Waals surface area contributed by atoms with Crippen LogP contribution in [0, 0.1) is 0 Å². The van der Waals surface area contributed by atoms with Crippen molar-refractivity contribution >= 4 is 28.5 Å². The van der Waals surface area contributed by atoms with Gasteiger partial charge in [-0.3, -0.25) is 4.79 Å². The zero-order valence-corrected chi connectivity index (χ0v) is 16.6. The number of benzene rings is 2. The van der Waals surface area contributed by atoms with Gasteiger partial charge in [0.1, 0.15) is 5.75 Å². The average Bonchev–Trinajstić information content (AvgIpc) is 3.11. The molecule has 6 nitrogen and oxygen atoms in total. The van der Waals surface area contributed by atoms with E-state index >= 15 is 0 Å². The Morgan fingerprint density at radius 3 is 2.76 bits per heavy atom. The highest BCUT2D eigenvalue weighted by Gasteiger charge is 2.21. The van der Waals surface area contributed by atoms with Crippen LogP contribution in [0.2, 0.25) is 0 Å². The first-order valence-electron chi connectivity index (χ1n) is 9.84. The van der Waals surface area contributed by atoms with E-state index in [2.05, 4.69) is 10.3 Å². The summed E-state index contributed by atoms with van der Waals surface area (Å²) >= 11 is 0. The number of amides is 1. The number of nitrogens with one attached hydrogen (secondary N) is 2. The lowest BCUT2D eigenvalue weighted by Crippen LogP contribution is -2.30. The van der Waals surface area contributed by atoms with Gasteiger partial charge in [0.25, 0.3) is 5.91 Å². The second-order valence-corrected chi connectivity index (χ2v) is 7.32. The maximum Gasteiger partial charge on any atom is 0.338 e. The molecular formula is C23H24N2O4. The van der Waals surface area contributed by atoms with Crippen LogP contribution in [0.4, 0.5) is 5.69 Å². The van der Waals surface area contributed by atoms with Crippen molar-refractivity contribution < 1.29 is 19.1 Å². The van der Waals surface area contributed by atoms with Crippen LogP contribution in [0.3, 0.4) is 0 Å². The first-order chi connectivity index (χ1) is 14.0. The topological polar surface area (TPSA) is 80.4 Å². The van der Waals surface area contributed by atoms with E-state index in [4.69, 9.17) is 9.47 Å². The van der Waals surface area contributed by atoms with Gasteiger partial charge in [-0.05, 0) is 68.5 Å². The van der Waals surface area contributed by atoms with E-state index in [9.17, 15) is 9.59 Å². The fourth-order valence-electron chi connectivity index (χ4n) is 3.76. The molecule has 1 amide bonds. The van der Waals surface area contributed by atoms with Gasteiger partial charge >= 0.3 is 5.97 Å². The number of ether oxygens (including phenoxy) is 2. The number of carbonyl (C=O) groups is 2. The van der Waals surface area contributed by atoms with Gasteiger partial charge in [0.05, 0.1) is 12.7 Å². The molecule has 0 radical (unpaired) electrons. The lowest BCUT2D eigenvalue weighted by molar-refractivity contribution is -0.123. The Bertz CT molecular complexity index is 1070. The third-order valence-corrected chi connectivity index (χ3v) is 5.32. The zero-order valence-electron chi connectivity index (χ0n) is 16.6. The van der Waals surface area contributed by atoms with E-state index in [1.807, 2.05) is 12.1 Å². The van der Waals surface area contributed by atoms with Gasteiger partial charge in [-0.1, -0.05) is 6.07 Å². The molecule has 4 rings (SSSR count). The molecule has 2 aromatic carbocycles. The van der Waals surface area contributed by atoms with Gasteiger partial charge in [-0.25, -0.2) is 4.79 Å². The summed E-state index contributed by atoms with van der Waals surface area (Å²) in [5.41, 5.74) is 4.63. The van der Waals surface area contributed by atoms with Gasteiger partial charge in [0.2, 0.25) is 0 Å². The summed E-state index contributed by atoms with van der Waals surface area (Å²) in [6.07, 6.45) is 3.49. The van der Waals surface area contributed by atoms with Gasteiger partial charge in [-0.2, -0.15) is 0 Å². The molecule has 1 atom stereocenters. The number of methoxy groups -OCH3 is 1. The summed E-state index contributed by atoms with van der Waals surface area (Å²) in [4.78, 5) is 28.5. The fourth-order valence-corrected chi connectivity index (χ4v) is 3.76. The number of rotatable bonds is 5. The number of H-pyrrole nitrogens is 1. The third-order valence-electron chi connectivity index (χ3n) is 5.32. The van der Waals surface area contributed by atoms with Crippen LogP contribution in [0.25, 0.3) is 10.9 Å². The molecule has 0 saturated heterocycles. The number of anilines is 1. The second-order valence-electron chi connectivity index (χ2n) is 7.32. The first kappa shape index (κ1) is 19.1. The second kappa shape index (κ2) is 7.99. The van der Waals surface area contributed by atoms with Crippen molar-refractivity contribution in [1.82, 2.24) is 4.98 Å². The molecule has 3 aromatic rings. The molecule has 1 aliphatic carbocycles. The molecule has 0 aliphatic heterocycles. The van der Waals surface area contributed by atoms with Crippen LogP contribution in [0.5, 0.6) is 5.75 Å². The highest BCUT2D eigenvalue weighted by atomic mass is 16.5. The van der Waals surface area contributed by atoms with Crippen LogP contribution in [0.15, 0.2) is 42.5 Å². The standard InChI is InChI=1S/C23H24N2O4/c1-14(22(26)24-16-6-5-7-17(13-16)28-2)29-23(27)15-10-11-21-19(12-15)18-8-3-4-9-20(18)25-21/h5-7,10-14,25H,3-4,8-9H2,1-2H3,(H,24,26). The van der Waals surface area contributed by atoms with Crippen molar-refractivity contribution in [2.24, 2.45) is 0 Å². The number of aromatic amines is 1. The van der Waals surface area contributed by atoms with Crippen LogP contribution in [-0.2, 0) is 22.4 Å². The molecule has 0 saturated carbocycles. The predicted octanol–water partition coefficient (Wildman–Crippen LogP) is 4.24. The molecule has 2 N–H and O–H groups in total. The van der Waals surface area contributed by atoms with Crippen molar-refractivity contribution in [2.75, 3.05) is 12.4 Å². The van der Waals surface area contributed by atoms with E-state index in [-0.39, 0.29) is 0 Å². The number of fused-ring (bicyclic) bond motifs is 3.